The molecule has 5 nitrogen and oxygen atoms in total. The van der Waals surface area contributed by atoms with Crippen molar-refractivity contribution in [3.63, 3.8) is 0 Å². The van der Waals surface area contributed by atoms with E-state index in [0.717, 1.165) is 30.6 Å². The number of aryl methyl sites for hydroxylation is 1. The van der Waals surface area contributed by atoms with Gasteiger partial charge in [-0.05, 0) is 74.4 Å². The van der Waals surface area contributed by atoms with Gasteiger partial charge in [0.2, 0.25) is 0 Å². The maximum absolute atomic E-state index is 13.0. The van der Waals surface area contributed by atoms with Gasteiger partial charge in [0.15, 0.2) is 6.10 Å². The molecule has 0 aliphatic heterocycles. The van der Waals surface area contributed by atoms with Crippen molar-refractivity contribution in [2.75, 3.05) is 5.32 Å². The molecule has 0 radical (unpaired) electrons. The zero-order valence-corrected chi connectivity index (χ0v) is 19.1. The van der Waals surface area contributed by atoms with Crippen molar-refractivity contribution >= 4 is 17.5 Å². The van der Waals surface area contributed by atoms with E-state index >= 15 is 0 Å². The number of anilines is 1. The van der Waals surface area contributed by atoms with Crippen LogP contribution in [-0.4, -0.2) is 17.9 Å². The minimum absolute atomic E-state index is 0.158. The Hall–Kier alpha value is -3.60. The Morgan fingerprint density at radius 1 is 0.848 bits per heavy atom. The fourth-order valence-corrected chi connectivity index (χ4v) is 4.22. The number of fused-ring (bicyclic) bond motifs is 1. The van der Waals surface area contributed by atoms with Gasteiger partial charge in [0, 0.05) is 0 Å². The third-order valence-electron chi connectivity index (χ3n) is 6.10. The molecular weight excluding hydrogens is 412 g/mol. The number of hydrogen-bond donors (Lipinski definition) is 2. The largest absolute Gasteiger partial charge is 0.481 e. The van der Waals surface area contributed by atoms with Gasteiger partial charge in [-0.15, -0.1) is 0 Å². The molecule has 0 heterocycles. The van der Waals surface area contributed by atoms with Gasteiger partial charge in [0.25, 0.3) is 11.8 Å². The molecule has 3 aromatic carbocycles. The summed E-state index contributed by atoms with van der Waals surface area (Å²) in [6.07, 6.45) is 3.66. The monoisotopic (exact) mass is 442 g/mol. The first-order chi connectivity index (χ1) is 16.0. The van der Waals surface area contributed by atoms with Crippen LogP contribution in [0.25, 0.3) is 0 Å². The van der Waals surface area contributed by atoms with Crippen molar-refractivity contribution in [3.8, 4) is 5.75 Å². The van der Waals surface area contributed by atoms with Crippen LogP contribution in [0.1, 0.15) is 59.8 Å². The molecule has 0 fully saturated rings. The molecule has 2 amide bonds. The molecule has 0 spiro atoms. The molecular formula is C28H30N2O3. The third-order valence-corrected chi connectivity index (χ3v) is 6.10. The van der Waals surface area contributed by atoms with Crippen LogP contribution < -0.4 is 15.4 Å². The Balaban J connectivity index is 1.44. The van der Waals surface area contributed by atoms with Gasteiger partial charge in [-0.25, -0.2) is 0 Å². The second-order valence-electron chi connectivity index (χ2n) is 8.50. The molecule has 0 unspecified atom stereocenters. The zero-order valence-electron chi connectivity index (χ0n) is 19.1. The van der Waals surface area contributed by atoms with Crippen molar-refractivity contribution in [2.45, 2.75) is 51.7 Å². The fourth-order valence-electron chi connectivity index (χ4n) is 4.22. The minimum Gasteiger partial charge on any atom is -0.481 e. The lowest BCUT2D eigenvalue weighted by Gasteiger charge is -2.22. The molecule has 1 aliphatic rings. The lowest BCUT2D eigenvalue weighted by atomic mass is 9.91. The van der Waals surface area contributed by atoms with Crippen LogP contribution in [-0.2, 0) is 17.6 Å². The number of carbonyl (C=O) groups is 2. The first kappa shape index (κ1) is 22.6. The number of benzene rings is 3. The number of nitrogens with one attached hydrogen (secondary N) is 2. The molecule has 1 aliphatic carbocycles. The molecule has 2 N–H and O–H groups in total. The van der Waals surface area contributed by atoms with E-state index in [4.69, 9.17) is 4.74 Å². The minimum atomic E-state index is -0.696. The highest BCUT2D eigenvalue weighted by Gasteiger charge is 2.22. The smallest absolute Gasteiger partial charge is 0.265 e. The van der Waals surface area contributed by atoms with E-state index < -0.39 is 6.10 Å². The van der Waals surface area contributed by atoms with Crippen molar-refractivity contribution in [1.82, 2.24) is 5.32 Å². The number of rotatable bonds is 7. The third kappa shape index (κ3) is 5.43. The van der Waals surface area contributed by atoms with Crippen LogP contribution in [0.4, 0.5) is 5.69 Å². The van der Waals surface area contributed by atoms with Crippen LogP contribution in [0.15, 0.2) is 72.8 Å². The number of carbonyl (C=O) groups excluding carboxylic acids is 2. The first-order valence-electron chi connectivity index (χ1n) is 11.6. The van der Waals surface area contributed by atoms with Crippen LogP contribution in [0.3, 0.4) is 0 Å². The molecule has 0 aromatic heterocycles. The van der Waals surface area contributed by atoms with Crippen molar-refractivity contribution in [1.29, 1.82) is 0 Å². The Bertz CT molecular complexity index is 1130. The lowest BCUT2D eigenvalue weighted by Crippen LogP contribution is -2.32. The summed E-state index contributed by atoms with van der Waals surface area (Å²) in [5.41, 5.74) is 4.41. The van der Waals surface area contributed by atoms with E-state index in [1.54, 1.807) is 31.2 Å². The van der Waals surface area contributed by atoms with Crippen LogP contribution >= 0.6 is 0 Å². The Kier molecular flexibility index (Phi) is 7.08. The predicted octanol–water partition coefficient (Wildman–Crippen LogP) is 5.46. The standard InChI is InChI=1S/C28H30N2O3/c1-19(21-11-4-3-5-12-21)29-28(32)24-16-8-9-17-25(24)30-27(31)20(2)33-26-18-10-14-22-13-6-7-15-23(22)26/h3-5,8-12,14,16-20H,6-7,13,15H2,1-2H3,(H,29,32)(H,30,31)/t19-,20+/m1/s1. The molecule has 33 heavy (non-hydrogen) atoms. The van der Waals surface area contributed by atoms with Crippen molar-refractivity contribution in [2.24, 2.45) is 0 Å². The van der Waals surface area contributed by atoms with Crippen molar-refractivity contribution in [3.05, 3.63) is 95.1 Å². The molecule has 0 bridgehead atoms. The SMILES string of the molecule is C[C@H](Oc1cccc2c1CCCC2)C(=O)Nc1ccccc1C(=O)N[C@H](C)c1ccccc1. The average molecular weight is 443 g/mol. The molecule has 5 heteroatoms. The van der Waals surface area contributed by atoms with Gasteiger partial charge in [-0.2, -0.15) is 0 Å². The van der Waals surface area contributed by atoms with Gasteiger partial charge in [-0.3, -0.25) is 9.59 Å². The maximum atomic E-state index is 13.0. The maximum Gasteiger partial charge on any atom is 0.265 e. The molecule has 0 saturated carbocycles. The summed E-state index contributed by atoms with van der Waals surface area (Å²) in [6.45, 7) is 3.67. The zero-order chi connectivity index (χ0) is 23.2. The highest BCUT2D eigenvalue weighted by Crippen LogP contribution is 2.30. The quantitative estimate of drug-likeness (QED) is 0.510. The molecule has 3 aromatic rings. The van der Waals surface area contributed by atoms with Gasteiger partial charge in [-0.1, -0.05) is 54.6 Å². The van der Waals surface area contributed by atoms with Gasteiger partial charge < -0.3 is 15.4 Å². The summed E-state index contributed by atoms with van der Waals surface area (Å²) in [5, 5.41) is 5.89. The second kappa shape index (κ2) is 10.3. The first-order valence-corrected chi connectivity index (χ1v) is 11.6. The van der Waals surface area contributed by atoms with Gasteiger partial charge >= 0.3 is 0 Å². The summed E-state index contributed by atoms with van der Waals surface area (Å²) in [7, 11) is 0. The topological polar surface area (TPSA) is 67.4 Å². The van der Waals surface area contributed by atoms with E-state index in [-0.39, 0.29) is 17.9 Å². The number of hydrogen-bond acceptors (Lipinski definition) is 3. The van der Waals surface area contributed by atoms with Crippen LogP contribution in [0.2, 0.25) is 0 Å². The normalized spacial score (nSPS) is 14.5. The highest BCUT2D eigenvalue weighted by atomic mass is 16.5. The summed E-state index contributed by atoms with van der Waals surface area (Å²) in [4.78, 5) is 25.9. The Morgan fingerprint density at radius 2 is 1.58 bits per heavy atom. The van der Waals surface area contributed by atoms with E-state index in [1.165, 1.54) is 17.5 Å². The molecule has 2 atom stereocenters. The number of para-hydroxylation sites is 1. The summed E-state index contributed by atoms with van der Waals surface area (Å²) in [5.74, 6) is 0.241. The average Bonchev–Trinajstić information content (AvgIpc) is 2.85. The molecule has 0 saturated heterocycles. The van der Waals surface area contributed by atoms with Gasteiger partial charge in [0.05, 0.1) is 17.3 Å². The van der Waals surface area contributed by atoms with E-state index in [0.29, 0.717) is 11.3 Å². The molecule has 170 valence electrons. The van der Waals surface area contributed by atoms with E-state index in [1.807, 2.05) is 49.4 Å². The van der Waals surface area contributed by atoms with E-state index in [9.17, 15) is 9.59 Å². The van der Waals surface area contributed by atoms with Crippen LogP contribution in [0.5, 0.6) is 5.75 Å². The summed E-state index contributed by atoms with van der Waals surface area (Å²) < 4.78 is 6.06. The van der Waals surface area contributed by atoms with E-state index in [2.05, 4.69) is 16.7 Å². The highest BCUT2D eigenvalue weighted by molar-refractivity contribution is 6.04. The van der Waals surface area contributed by atoms with Crippen molar-refractivity contribution < 1.29 is 14.3 Å². The molecule has 4 rings (SSSR count). The summed E-state index contributed by atoms with van der Waals surface area (Å²) >= 11 is 0. The second-order valence-corrected chi connectivity index (χ2v) is 8.50. The fraction of sp³-hybridized carbons (Fsp3) is 0.286. The number of amides is 2. The Morgan fingerprint density at radius 3 is 2.39 bits per heavy atom. The Labute approximate surface area is 195 Å². The van der Waals surface area contributed by atoms with Gasteiger partial charge in [0.1, 0.15) is 5.75 Å². The lowest BCUT2D eigenvalue weighted by molar-refractivity contribution is -0.122. The summed E-state index contributed by atoms with van der Waals surface area (Å²) in [6, 6.07) is 22.7. The predicted molar refractivity (Wildman–Crippen MR) is 131 cm³/mol. The van der Waals surface area contributed by atoms with Crippen LogP contribution in [0, 0.1) is 0 Å². The number of ether oxygens (including phenoxy) is 1.